The van der Waals surface area contributed by atoms with E-state index in [1.165, 1.54) is 6.92 Å². The first-order valence-corrected chi connectivity index (χ1v) is 11.6. The van der Waals surface area contributed by atoms with Gasteiger partial charge in [0.15, 0.2) is 0 Å². The molecule has 1 aromatic carbocycles. The fourth-order valence-corrected chi connectivity index (χ4v) is 5.49. The number of carboxylic acid groups (broad SMARTS) is 1. The van der Waals surface area contributed by atoms with Crippen molar-refractivity contribution in [3.05, 3.63) is 34.3 Å². The first kappa shape index (κ1) is 22.9. The Morgan fingerprint density at radius 3 is 2.64 bits per heavy atom. The standard InChI is InChI=1S/C24H31N5O4/c1-15(30)28-10-3-5-20(28)23(33)29-11-2-4-18(29)8-9-24(14-21(31)32)13-17-7-6-16(22(25)26)12-19(17)27-24/h6-7,12-13,18,20H,2-5,8-11,14H2,1H3,(H3,25,26)(H,31,32)/t18-,20+,24?/m0/s1. The Hall–Kier alpha value is -3.23. The number of benzene rings is 1. The number of nitrogens with one attached hydrogen (secondary N) is 1. The van der Waals surface area contributed by atoms with E-state index in [-0.39, 0.29) is 36.2 Å². The van der Waals surface area contributed by atoms with E-state index in [4.69, 9.17) is 16.1 Å². The summed E-state index contributed by atoms with van der Waals surface area (Å²) in [6.45, 7) is 2.80. The maximum atomic E-state index is 13.3. The van der Waals surface area contributed by atoms with Crippen molar-refractivity contribution in [1.82, 2.24) is 9.80 Å². The fraction of sp³-hybridized carbons (Fsp3) is 0.542. The van der Waals surface area contributed by atoms with E-state index >= 15 is 0 Å². The molecule has 4 rings (SSSR count). The summed E-state index contributed by atoms with van der Waals surface area (Å²) in [7, 11) is 0. The summed E-state index contributed by atoms with van der Waals surface area (Å²) in [5.74, 6) is -1.05. The summed E-state index contributed by atoms with van der Waals surface area (Å²) in [5, 5.41) is 18.7. The number of amides is 2. The van der Waals surface area contributed by atoms with Crippen LogP contribution in [-0.4, -0.2) is 69.2 Å². The van der Waals surface area contributed by atoms with Gasteiger partial charge >= 0.3 is 5.97 Å². The maximum Gasteiger partial charge on any atom is 0.306 e. The Morgan fingerprint density at radius 1 is 1.21 bits per heavy atom. The number of carboxylic acids is 1. The zero-order valence-electron chi connectivity index (χ0n) is 18.9. The van der Waals surface area contributed by atoms with Crippen molar-refractivity contribution in [2.75, 3.05) is 13.1 Å². The van der Waals surface area contributed by atoms with Gasteiger partial charge in [0, 0.05) is 31.6 Å². The highest BCUT2D eigenvalue weighted by Gasteiger charge is 2.40. The number of likely N-dealkylation sites (tertiary alicyclic amines) is 2. The first-order chi connectivity index (χ1) is 15.7. The second-order valence-corrected chi connectivity index (χ2v) is 9.35. The number of nitrogen functional groups attached to an aromatic ring is 1. The predicted molar refractivity (Wildman–Crippen MR) is 122 cm³/mol. The lowest BCUT2D eigenvalue weighted by Crippen LogP contribution is -2.49. The smallest absolute Gasteiger partial charge is 0.306 e. The summed E-state index contributed by atoms with van der Waals surface area (Å²) >= 11 is 0. The van der Waals surface area contributed by atoms with Crippen LogP contribution in [0, 0.1) is 5.41 Å². The van der Waals surface area contributed by atoms with Crippen LogP contribution in [0.1, 0.15) is 57.4 Å². The van der Waals surface area contributed by atoms with Gasteiger partial charge in [0.05, 0.1) is 17.3 Å². The van der Waals surface area contributed by atoms with Gasteiger partial charge in [-0.25, -0.2) is 0 Å². The maximum absolute atomic E-state index is 13.3. The number of hydrogen-bond acceptors (Lipinski definition) is 5. The van der Waals surface area contributed by atoms with Crippen molar-refractivity contribution in [3.63, 3.8) is 0 Å². The molecule has 176 valence electrons. The molecule has 9 nitrogen and oxygen atoms in total. The van der Waals surface area contributed by atoms with E-state index in [9.17, 15) is 19.5 Å². The molecule has 1 aromatic rings. The first-order valence-electron chi connectivity index (χ1n) is 11.6. The molecule has 0 bridgehead atoms. The van der Waals surface area contributed by atoms with Crippen molar-refractivity contribution in [2.24, 2.45) is 10.7 Å². The molecule has 2 fully saturated rings. The molecule has 0 spiro atoms. The van der Waals surface area contributed by atoms with Crippen LogP contribution in [0.25, 0.3) is 6.08 Å². The predicted octanol–water partition coefficient (Wildman–Crippen LogP) is 0.380. The normalized spacial score (nSPS) is 26.0. The van der Waals surface area contributed by atoms with Crippen molar-refractivity contribution >= 4 is 29.7 Å². The Balaban J connectivity index is 1.52. The van der Waals surface area contributed by atoms with Gasteiger partial charge in [0.1, 0.15) is 11.9 Å². The summed E-state index contributed by atoms with van der Waals surface area (Å²) in [4.78, 5) is 45.2. The minimum absolute atomic E-state index is 0.0117. The molecule has 4 N–H and O–H groups in total. The van der Waals surface area contributed by atoms with Gasteiger partial charge < -0.3 is 20.6 Å². The Labute approximate surface area is 192 Å². The third kappa shape index (κ3) is 4.62. The van der Waals surface area contributed by atoms with Crippen LogP contribution in [0.3, 0.4) is 0 Å². The second kappa shape index (κ2) is 8.96. The summed E-state index contributed by atoms with van der Waals surface area (Å²) in [6.07, 6.45) is 6.19. The molecule has 3 heterocycles. The third-order valence-electron chi connectivity index (χ3n) is 7.08. The van der Waals surface area contributed by atoms with E-state index in [0.717, 1.165) is 24.5 Å². The average molecular weight is 454 g/mol. The lowest BCUT2D eigenvalue weighted by Gasteiger charge is -2.32. The number of amidine groups is 1. The monoisotopic (exact) mass is 453 g/mol. The highest BCUT2D eigenvalue weighted by atomic mass is 16.4. The number of hydrogen-bond donors (Lipinski definition) is 3. The molecule has 3 aliphatic heterocycles. The molecule has 3 atom stereocenters. The minimum atomic E-state index is -0.933. The lowest BCUT2D eigenvalue weighted by atomic mass is 9.88. The summed E-state index contributed by atoms with van der Waals surface area (Å²) in [6, 6.07) is 4.91. The molecule has 9 heteroatoms. The zero-order valence-corrected chi connectivity index (χ0v) is 18.9. The van der Waals surface area contributed by atoms with Gasteiger partial charge in [-0.1, -0.05) is 12.1 Å². The average Bonchev–Trinajstić information content (AvgIpc) is 3.48. The lowest BCUT2D eigenvalue weighted by molar-refractivity contribution is -0.143. The van der Waals surface area contributed by atoms with Gasteiger partial charge in [-0.3, -0.25) is 24.8 Å². The number of aliphatic carboxylic acids is 1. The molecule has 33 heavy (non-hydrogen) atoms. The highest BCUT2D eigenvalue weighted by molar-refractivity contribution is 5.94. The van der Waals surface area contributed by atoms with Crippen LogP contribution in [0.15, 0.2) is 23.2 Å². The van der Waals surface area contributed by atoms with Gasteiger partial charge in [0.2, 0.25) is 11.8 Å². The molecule has 2 amide bonds. The van der Waals surface area contributed by atoms with Crippen LogP contribution in [0.2, 0.25) is 0 Å². The van der Waals surface area contributed by atoms with Crippen molar-refractivity contribution in [3.8, 4) is 0 Å². The molecule has 2 saturated heterocycles. The topological polar surface area (TPSA) is 140 Å². The zero-order chi connectivity index (χ0) is 23.8. The van der Waals surface area contributed by atoms with Gasteiger partial charge in [0.25, 0.3) is 0 Å². The van der Waals surface area contributed by atoms with E-state index in [1.54, 1.807) is 17.0 Å². The SMILES string of the molecule is CC(=O)N1CCC[C@@H]1C(=O)N1CCC[C@H]1CCC1(CC(=O)O)C=c2ccc(C(=N)N)cc2=N1. The van der Waals surface area contributed by atoms with Crippen LogP contribution in [-0.2, 0) is 14.4 Å². The molecular formula is C24H31N5O4. The highest BCUT2D eigenvalue weighted by Crippen LogP contribution is 2.32. The van der Waals surface area contributed by atoms with E-state index in [0.29, 0.717) is 43.3 Å². The third-order valence-corrected chi connectivity index (χ3v) is 7.08. The van der Waals surface area contributed by atoms with Crippen molar-refractivity contribution in [2.45, 2.75) is 69.5 Å². The van der Waals surface area contributed by atoms with E-state index in [2.05, 4.69) is 0 Å². The largest absolute Gasteiger partial charge is 0.481 e. The molecule has 0 aliphatic carbocycles. The van der Waals surface area contributed by atoms with Gasteiger partial charge in [-0.05, 0) is 55.9 Å². The number of nitrogens with zero attached hydrogens (tertiary/aromatic N) is 3. The second-order valence-electron chi connectivity index (χ2n) is 9.35. The van der Waals surface area contributed by atoms with Crippen LogP contribution in [0.4, 0.5) is 0 Å². The number of carbonyl (C=O) groups is 3. The molecule has 3 aliphatic rings. The Bertz CT molecular complexity index is 1120. The number of carbonyl (C=O) groups excluding carboxylic acids is 2. The van der Waals surface area contributed by atoms with Crippen LogP contribution in [0.5, 0.6) is 0 Å². The molecular weight excluding hydrogens is 422 g/mol. The van der Waals surface area contributed by atoms with E-state index in [1.807, 2.05) is 17.0 Å². The van der Waals surface area contributed by atoms with Crippen molar-refractivity contribution in [1.29, 1.82) is 5.41 Å². The van der Waals surface area contributed by atoms with Gasteiger partial charge in [-0.2, -0.15) is 0 Å². The number of fused-ring (bicyclic) bond motifs is 1. The number of rotatable bonds is 7. The Morgan fingerprint density at radius 2 is 1.94 bits per heavy atom. The van der Waals surface area contributed by atoms with Crippen LogP contribution < -0.4 is 16.3 Å². The van der Waals surface area contributed by atoms with Crippen molar-refractivity contribution < 1.29 is 19.5 Å². The molecule has 1 unspecified atom stereocenters. The van der Waals surface area contributed by atoms with Crippen LogP contribution >= 0.6 is 0 Å². The summed E-state index contributed by atoms with van der Waals surface area (Å²) in [5.41, 5.74) is 5.26. The molecule has 0 aromatic heterocycles. The minimum Gasteiger partial charge on any atom is -0.481 e. The number of nitrogens with two attached hydrogens (primary N) is 1. The fourth-order valence-electron chi connectivity index (χ4n) is 5.49. The molecule has 0 radical (unpaired) electrons. The van der Waals surface area contributed by atoms with E-state index < -0.39 is 11.5 Å². The Kier molecular flexibility index (Phi) is 6.23. The molecule has 0 saturated carbocycles. The van der Waals surface area contributed by atoms with Gasteiger partial charge in [-0.15, -0.1) is 0 Å². The summed E-state index contributed by atoms with van der Waals surface area (Å²) < 4.78 is 0. The quantitative estimate of drug-likeness (QED) is 0.404.